The fourth-order valence-corrected chi connectivity index (χ4v) is 2.71. The van der Waals surface area contributed by atoms with E-state index in [1.165, 1.54) is 6.07 Å². The summed E-state index contributed by atoms with van der Waals surface area (Å²) in [6.45, 7) is 2.09. The number of benzene rings is 1. The van der Waals surface area contributed by atoms with Crippen molar-refractivity contribution in [3.05, 3.63) is 22.8 Å². The van der Waals surface area contributed by atoms with Gasteiger partial charge in [0.1, 0.15) is 17.1 Å². The molecule has 1 aromatic carbocycles. The summed E-state index contributed by atoms with van der Waals surface area (Å²) in [6, 6.07) is 1.29. The van der Waals surface area contributed by atoms with Gasteiger partial charge in [-0.05, 0) is 24.5 Å². The van der Waals surface area contributed by atoms with Crippen molar-refractivity contribution >= 4 is 5.97 Å². The van der Waals surface area contributed by atoms with Gasteiger partial charge in [-0.1, -0.05) is 26.2 Å². The highest BCUT2D eigenvalue weighted by atomic mass is 16.6. The standard InChI is InChI=1S/C15H20O6/c1-2-3-4-5-9-6-8-7-10(16)12(14(18)19)13(17)11(8)15(20)21-9/h7,9,15-17,20H,2-6H2,1H3,(H,18,19). The number of aliphatic hydroxyl groups excluding tert-OH is 1. The Morgan fingerprint density at radius 2 is 2.10 bits per heavy atom. The molecular weight excluding hydrogens is 276 g/mol. The molecule has 0 spiro atoms. The number of aromatic carboxylic acids is 1. The zero-order chi connectivity index (χ0) is 15.6. The maximum Gasteiger partial charge on any atom is 0.343 e. The highest BCUT2D eigenvalue weighted by Crippen LogP contribution is 2.41. The van der Waals surface area contributed by atoms with E-state index >= 15 is 0 Å². The van der Waals surface area contributed by atoms with Crippen LogP contribution in [0.1, 0.15) is 60.4 Å². The fraction of sp³-hybridized carbons (Fsp3) is 0.533. The number of carboxylic acid groups (broad SMARTS) is 1. The molecule has 1 aliphatic rings. The molecule has 0 radical (unpaired) electrons. The van der Waals surface area contributed by atoms with E-state index < -0.39 is 29.3 Å². The number of carboxylic acids is 1. The van der Waals surface area contributed by atoms with Crippen molar-refractivity contribution in [1.29, 1.82) is 0 Å². The molecule has 0 aliphatic carbocycles. The number of phenols is 2. The van der Waals surface area contributed by atoms with E-state index in [1.807, 2.05) is 0 Å². The SMILES string of the molecule is CCCCCC1Cc2cc(O)c(C(=O)O)c(O)c2C(O)O1. The van der Waals surface area contributed by atoms with Crippen LogP contribution in [0.2, 0.25) is 0 Å². The molecule has 0 fully saturated rings. The molecule has 6 heteroatoms. The van der Waals surface area contributed by atoms with Crippen LogP contribution in [0.25, 0.3) is 0 Å². The number of hydrogen-bond donors (Lipinski definition) is 4. The third kappa shape index (κ3) is 3.11. The third-order valence-corrected chi connectivity index (χ3v) is 3.76. The first-order chi connectivity index (χ1) is 9.95. The largest absolute Gasteiger partial charge is 0.507 e. The molecule has 4 N–H and O–H groups in total. The van der Waals surface area contributed by atoms with Crippen LogP contribution in [0.15, 0.2) is 6.07 Å². The van der Waals surface area contributed by atoms with Gasteiger partial charge in [-0.25, -0.2) is 4.79 Å². The molecule has 2 unspecified atom stereocenters. The Morgan fingerprint density at radius 1 is 1.38 bits per heavy atom. The number of aliphatic hydroxyl groups is 1. The van der Waals surface area contributed by atoms with Crippen LogP contribution in [0.3, 0.4) is 0 Å². The van der Waals surface area contributed by atoms with Gasteiger partial charge in [-0.3, -0.25) is 0 Å². The Balaban J connectivity index is 2.29. The summed E-state index contributed by atoms with van der Waals surface area (Å²) >= 11 is 0. The van der Waals surface area contributed by atoms with Gasteiger partial charge < -0.3 is 25.2 Å². The van der Waals surface area contributed by atoms with Gasteiger partial charge in [0.25, 0.3) is 0 Å². The maximum absolute atomic E-state index is 11.0. The molecule has 1 heterocycles. The van der Waals surface area contributed by atoms with Crippen molar-refractivity contribution in [3.8, 4) is 11.5 Å². The predicted octanol–water partition coefficient (Wildman–Crippen LogP) is 2.31. The molecule has 0 amide bonds. The van der Waals surface area contributed by atoms with Gasteiger partial charge in [0.2, 0.25) is 0 Å². The minimum Gasteiger partial charge on any atom is -0.507 e. The number of rotatable bonds is 5. The van der Waals surface area contributed by atoms with E-state index in [0.29, 0.717) is 12.0 Å². The number of aromatic hydroxyl groups is 2. The highest BCUT2D eigenvalue weighted by Gasteiger charge is 2.32. The summed E-state index contributed by atoms with van der Waals surface area (Å²) in [5, 5.41) is 38.7. The van der Waals surface area contributed by atoms with Crippen molar-refractivity contribution in [3.63, 3.8) is 0 Å². The van der Waals surface area contributed by atoms with Crippen LogP contribution in [0, 0.1) is 0 Å². The van der Waals surface area contributed by atoms with Crippen molar-refractivity contribution in [1.82, 2.24) is 0 Å². The van der Waals surface area contributed by atoms with Crippen LogP contribution in [-0.2, 0) is 11.2 Å². The monoisotopic (exact) mass is 296 g/mol. The molecule has 0 aromatic heterocycles. The molecule has 6 nitrogen and oxygen atoms in total. The second kappa shape index (κ2) is 6.32. The zero-order valence-electron chi connectivity index (χ0n) is 11.9. The zero-order valence-corrected chi connectivity index (χ0v) is 11.9. The average Bonchev–Trinajstić information content (AvgIpc) is 2.37. The number of carbonyl (C=O) groups is 1. The van der Waals surface area contributed by atoms with Crippen molar-refractivity contribution in [2.45, 2.75) is 51.4 Å². The fourth-order valence-electron chi connectivity index (χ4n) is 2.71. The molecule has 2 rings (SSSR count). The summed E-state index contributed by atoms with van der Waals surface area (Å²) in [4.78, 5) is 11.0. The minimum atomic E-state index is -1.45. The topological polar surface area (TPSA) is 107 Å². The smallest absolute Gasteiger partial charge is 0.343 e. The predicted molar refractivity (Wildman–Crippen MR) is 74.4 cm³/mol. The van der Waals surface area contributed by atoms with Gasteiger partial charge in [-0.2, -0.15) is 0 Å². The highest BCUT2D eigenvalue weighted by molar-refractivity contribution is 5.94. The lowest BCUT2D eigenvalue weighted by atomic mass is 9.92. The average molecular weight is 296 g/mol. The minimum absolute atomic E-state index is 0.0388. The second-order valence-electron chi connectivity index (χ2n) is 5.31. The Bertz CT molecular complexity index is 539. The first-order valence-corrected chi connectivity index (χ1v) is 7.10. The molecule has 2 atom stereocenters. The molecule has 1 aliphatic heterocycles. The molecule has 1 aromatic rings. The van der Waals surface area contributed by atoms with Crippen LogP contribution in [0.4, 0.5) is 0 Å². The van der Waals surface area contributed by atoms with Crippen LogP contribution in [0.5, 0.6) is 11.5 Å². The van der Waals surface area contributed by atoms with Crippen LogP contribution >= 0.6 is 0 Å². The molecular formula is C15H20O6. The van der Waals surface area contributed by atoms with E-state index in [9.17, 15) is 20.1 Å². The maximum atomic E-state index is 11.0. The first-order valence-electron chi connectivity index (χ1n) is 7.10. The third-order valence-electron chi connectivity index (χ3n) is 3.76. The number of ether oxygens (including phenoxy) is 1. The number of fused-ring (bicyclic) bond motifs is 1. The Labute approximate surface area is 122 Å². The molecule has 116 valence electrons. The van der Waals surface area contributed by atoms with Crippen LogP contribution < -0.4 is 0 Å². The van der Waals surface area contributed by atoms with Crippen molar-refractivity contribution in [2.24, 2.45) is 0 Å². The lowest BCUT2D eigenvalue weighted by Gasteiger charge is -2.30. The molecule has 0 saturated heterocycles. The van der Waals surface area contributed by atoms with E-state index in [4.69, 9.17) is 9.84 Å². The summed E-state index contributed by atoms with van der Waals surface area (Å²) < 4.78 is 5.44. The van der Waals surface area contributed by atoms with Gasteiger partial charge >= 0.3 is 5.97 Å². The Hall–Kier alpha value is -1.79. The van der Waals surface area contributed by atoms with Gasteiger partial charge in [0.05, 0.1) is 11.7 Å². The van der Waals surface area contributed by atoms with E-state index in [2.05, 4.69) is 6.92 Å². The second-order valence-corrected chi connectivity index (χ2v) is 5.31. The molecule has 0 bridgehead atoms. The number of hydrogen-bond acceptors (Lipinski definition) is 5. The van der Waals surface area contributed by atoms with Crippen LogP contribution in [-0.4, -0.2) is 32.5 Å². The Morgan fingerprint density at radius 3 is 2.71 bits per heavy atom. The quantitative estimate of drug-likeness (QED) is 0.621. The summed E-state index contributed by atoms with van der Waals surface area (Å²) in [6.07, 6.45) is 2.73. The summed E-state index contributed by atoms with van der Waals surface area (Å²) in [7, 11) is 0. The van der Waals surface area contributed by atoms with Crippen molar-refractivity contribution in [2.75, 3.05) is 0 Å². The lowest BCUT2D eigenvalue weighted by molar-refractivity contribution is -0.151. The van der Waals surface area contributed by atoms with Gasteiger partial charge in [0.15, 0.2) is 6.29 Å². The summed E-state index contributed by atoms with van der Waals surface area (Å²) in [5.41, 5.74) is -0.0481. The molecule has 0 saturated carbocycles. The van der Waals surface area contributed by atoms with Crippen molar-refractivity contribution < 1.29 is 30.0 Å². The van der Waals surface area contributed by atoms with Gasteiger partial charge in [0, 0.05) is 0 Å². The summed E-state index contributed by atoms with van der Waals surface area (Å²) in [5.74, 6) is -2.58. The number of unbranched alkanes of at least 4 members (excludes halogenated alkanes) is 2. The lowest BCUT2D eigenvalue weighted by Crippen LogP contribution is -2.26. The van der Waals surface area contributed by atoms with Gasteiger partial charge in [-0.15, -0.1) is 0 Å². The first kappa shape index (κ1) is 15.6. The Kier molecular flexibility index (Phi) is 4.69. The van der Waals surface area contributed by atoms with E-state index in [0.717, 1.165) is 25.7 Å². The van der Waals surface area contributed by atoms with E-state index in [1.54, 1.807) is 0 Å². The normalized spacial score (nSPS) is 21.0. The molecule has 21 heavy (non-hydrogen) atoms. The van der Waals surface area contributed by atoms with E-state index in [-0.39, 0.29) is 11.7 Å².